The van der Waals surface area contributed by atoms with Crippen LogP contribution in [0.15, 0.2) is 28.2 Å². The number of thiazole rings is 1. The third kappa shape index (κ3) is 4.80. The van der Waals surface area contributed by atoms with Crippen LogP contribution < -0.4 is 10.5 Å². The summed E-state index contributed by atoms with van der Waals surface area (Å²) in [5, 5.41) is 0. The van der Waals surface area contributed by atoms with Crippen molar-refractivity contribution in [1.29, 1.82) is 0 Å². The zero-order valence-corrected chi connectivity index (χ0v) is 14.8. The average Bonchev–Trinajstić information content (AvgIpc) is 2.86. The van der Waals surface area contributed by atoms with Crippen LogP contribution in [-0.2, 0) is 12.8 Å². The molecule has 0 fully saturated rings. The molecule has 1 aromatic carbocycles. The van der Waals surface area contributed by atoms with Gasteiger partial charge in [0, 0.05) is 21.8 Å². The van der Waals surface area contributed by atoms with Gasteiger partial charge in [-0.05, 0) is 43.5 Å². The number of halogens is 1. The molecule has 0 saturated carbocycles. The van der Waals surface area contributed by atoms with Crippen LogP contribution in [-0.4, -0.2) is 17.6 Å². The number of hydrogen-bond acceptors (Lipinski definition) is 4. The van der Waals surface area contributed by atoms with Gasteiger partial charge < -0.3 is 10.5 Å². The normalized spacial score (nSPS) is 12.4. The van der Waals surface area contributed by atoms with Gasteiger partial charge in [-0.1, -0.05) is 22.9 Å². The highest BCUT2D eigenvalue weighted by molar-refractivity contribution is 9.10. The first-order valence-electron chi connectivity index (χ1n) is 7.16. The molecule has 2 rings (SSSR count). The molecule has 2 N–H and O–H groups in total. The number of nitrogens with two attached hydrogens (primary N) is 1. The van der Waals surface area contributed by atoms with Crippen molar-refractivity contribution in [2.24, 2.45) is 5.73 Å². The maximum Gasteiger partial charge on any atom is 0.122 e. The molecule has 3 nitrogen and oxygen atoms in total. The average molecular weight is 369 g/mol. The van der Waals surface area contributed by atoms with Crippen molar-refractivity contribution >= 4 is 27.3 Å². The van der Waals surface area contributed by atoms with Crippen LogP contribution in [0.2, 0.25) is 0 Å². The van der Waals surface area contributed by atoms with E-state index in [0.29, 0.717) is 6.61 Å². The third-order valence-electron chi connectivity index (χ3n) is 3.46. The predicted molar refractivity (Wildman–Crippen MR) is 92.2 cm³/mol. The Balaban J connectivity index is 2.00. The van der Waals surface area contributed by atoms with Crippen LogP contribution in [0.1, 0.15) is 29.5 Å². The van der Waals surface area contributed by atoms with Gasteiger partial charge in [0.1, 0.15) is 5.75 Å². The fourth-order valence-corrected chi connectivity index (χ4v) is 3.27. The number of aromatic nitrogens is 1. The highest BCUT2D eigenvalue weighted by Gasteiger charge is 2.09. The lowest BCUT2D eigenvalue weighted by molar-refractivity contribution is 0.318. The Morgan fingerprint density at radius 3 is 2.90 bits per heavy atom. The quantitative estimate of drug-likeness (QED) is 0.799. The lowest BCUT2D eigenvalue weighted by Gasteiger charge is -2.15. The molecule has 1 atom stereocenters. The molecule has 21 heavy (non-hydrogen) atoms. The molecule has 0 spiro atoms. The van der Waals surface area contributed by atoms with E-state index in [1.54, 1.807) is 11.3 Å². The molecule has 0 amide bonds. The molecule has 1 heterocycles. The molecule has 0 saturated heterocycles. The fraction of sp³-hybridized carbons (Fsp3) is 0.438. The first kappa shape index (κ1) is 16.5. The topological polar surface area (TPSA) is 48.1 Å². The molecule has 0 bridgehead atoms. The summed E-state index contributed by atoms with van der Waals surface area (Å²) in [6.07, 6.45) is 2.70. The first-order chi connectivity index (χ1) is 10.1. The molecular formula is C16H21BrN2OS. The van der Waals surface area contributed by atoms with Crippen molar-refractivity contribution in [2.45, 2.75) is 39.2 Å². The minimum atomic E-state index is 0.172. The van der Waals surface area contributed by atoms with Gasteiger partial charge in [-0.2, -0.15) is 0 Å². The number of rotatable bonds is 7. The largest absolute Gasteiger partial charge is 0.493 e. The molecule has 114 valence electrons. The summed E-state index contributed by atoms with van der Waals surface area (Å²) in [6.45, 7) is 4.81. The van der Waals surface area contributed by atoms with Gasteiger partial charge in [0.15, 0.2) is 0 Å². The summed E-state index contributed by atoms with van der Waals surface area (Å²) in [5.41, 5.74) is 10.2. The number of benzene rings is 1. The molecule has 0 aliphatic rings. The maximum atomic E-state index is 6.07. The van der Waals surface area contributed by atoms with E-state index >= 15 is 0 Å². The highest BCUT2D eigenvalue weighted by atomic mass is 79.9. The zero-order chi connectivity index (χ0) is 15.2. The summed E-state index contributed by atoms with van der Waals surface area (Å²) < 4.78 is 7.03. The van der Waals surface area contributed by atoms with E-state index in [-0.39, 0.29) is 6.04 Å². The second-order valence-corrected chi connectivity index (χ2v) is 6.94. The van der Waals surface area contributed by atoms with E-state index in [1.807, 2.05) is 24.6 Å². The number of ether oxygens (including phenoxy) is 1. The Bertz CT molecular complexity index is 585. The second-order valence-electron chi connectivity index (χ2n) is 5.08. The molecule has 0 radical (unpaired) electrons. The van der Waals surface area contributed by atoms with Crippen molar-refractivity contribution in [1.82, 2.24) is 4.98 Å². The van der Waals surface area contributed by atoms with Gasteiger partial charge >= 0.3 is 0 Å². The Kier molecular flexibility index (Phi) is 6.21. The van der Waals surface area contributed by atoms with Gasteiger partial charge in [-0.25, -0.2) is 4.98 Å². The lowest BCUT2D eigenvalue weighted by atomic mass is 10.0. The summed E-state index contributed by atoms with van der Waals surface area (Å²) >= 11 is 5.20. The Morgan fingerprint density at radius 1 is 1.43 bits per heavy atom. The standard InChI is InChI=1S/C16H21BrN2OS/c1-3-14(18)9-12-8-13(17)4-5-15(12)20-7-6-16-11(2)19-10-21-16/h4-5,8,10,14H,3,6-7,9,18H2,1-2H3. The Morgan fingerprint density at radius 2 is 2.24 bits per heavy atom. The van der Waals surface area contributed by atoms with Crippen molar-refractivity contribution in [2.75, 3.05) is 6.61 Å². The van der Waals surface area contributed by atoms with E-state index in [0.717, 1.165) is 35.2 Å². The highest BCUT2D eigenvalue weighted by Crippen LogP contribution is 2.25. The van der Waals surface area contributed by atoms with E-state index in [1.165, 1.54) is 10.4 Å². The van der Waals surface area contributed by atoms with Crippen LogP contribution in [0.5, 0.6) is 5.75 Å². The Hall–Kier alpha value is -0.910. The van der Waals surface area contributed by atoms with Gasteiger partial charge in [0.25, 0.3) is 0 Å². The van der Waals surface area contributed by atoms with Gasteiger partial charge in [0.2, 0.25) is 0 Å². The van der Waals surface area contributed by atoms with Crippen LogP contribution >= 0.6 is 27.3 Å². The van der Waals surface area contributed by atoms with Crippen LogP contribution in [0.4, 0.5) is 0 Å². The molecule has 1 aromatic heterocycles. The van der Waals surface area contributed by atoms with Crippen molar-refractivity contribution < 1.29 is 4.74 Å². The third-order valence-corrected chi connectivity index (χ3v) is 4.95. The van der Waals surface area contributed by atoms with E-state index in [4.69, 9.17) is 10.5 Å². The monoisotopic (exact) mass is 368 g/mol. The first-order valence-corrected chi connectivity index (χ1v) is 8.83. The fourth-order valence-electron chi connectivity index (χ4n) is 2.09. The van der Waals surface area contributed by atoms with E-state index < -0.39 is 0 Å². The van der Waals surface area contributed by atoms with Gasteiger partial charge in [-0.3, -0.25) is 0 Å². The number of hydrogen-bond donors (Lipinski definition) is 1. The molecule has 0 aliphatic carbocycles. The zero-order valence-electron chi connectivity index (χ0n) is 12.4. The minimum Gasteiger partial charge on any atom is -0.493 e. The second kappa shape index (κ2) is 7.92. The molecule has 1 unspecified atom stereocenters. The smallest absolute Gasteiger partial charge is 0.122 e. The van der Waals surface area contributed by atoms with Crippen molar-refractivity contribution in [3.05, 3.63) is 44.3 Å². The maximum absolute atomic E-state index is 6.07. The number of aryl methyl sites for hydroxylation is 1. The van der Waals surface area contributed by atoms with Crippen LogP contribution in [0, 0.1) is 6.92 Å². The minimum absolute atomic E-state index is 0.172. The van der Waals surface area contributed by atoms with Gasteiger partial charge in [-0.15, -0.1) is 11.3 Å². The predicted octanol–water partition coefficient (Wildman–Crippen LogP) is 4.12. The summed E-state index contributed by atoms with van der Waals surface area (Å²) in [5.74, 6) is 0.935. The van der Waals surface area contributed by atoms with Crippen molar-refractivity contribution in [3.8, 4) is 5.75 Å². The van der Waals surface area contributed by atoms with Crippen molar-refractivity contribution in [3.63, 3.8) is 0 Å². The molecule has 2 aromatic rings. The van der Waals surface area contributed by atoms with Crippen LogP contribution in [0.25, 0.3) is 0 Å². The summed E-state index contributed by atoms with van der Waals surface area (Å²) in [4.78, 5) is 5.55. The Labute approximate surface area is 138 Å². The molecule has 5 heteroatoms. The number of nitrogens with zero attached hydrogens (tertiary/aromatic N) is 1. The summed E-state index contributed by atoms with van der Waals surface area (Å²) in [6, 6.07) is 6.30. The SMILES string of the molecule is CCC(N)Cc1cc(Br)ccc1OCCc1scnc1C. The summed E-state index contributed by atoms with van der Waals surface area (Å²) in [7, 11) is 0. The molecular weight excluding hydrogens is 348 g/mol. The van der Waals surface area contributed by atoms with E-state index in [2.05, 4.69) is 33.9 Å². The van der Waals surface area contributed by atoms with E-state index in [9.17, 15) is 0 Å². The lowest BCUT2D eigenvalue weighted by Crippen LogP contribution is -2.21. The van der Waals surface area contributed by atoms with Gasteiger partial charge in [0.05, 0.1) is 17.8 Å². The molecule has 0 aliphatic heterocycles. The van der Waals surface area contributed by atoms with Crippen LogP contribution in [0.3, 0.4) is 0 Å².